The fraction of sp³-hybridized carbons (Fsp3) is 0.538. The molecule has 0 spiro atoms. The van der Waals surface area contributed by atoms with E-state index in [1.54, 1.807) is 11.8 Å². The molecule has 0 aliphatic carbocycles. The van der Waals surface area contributed by atoms with E-state index in [0.717, 1.165) is 18.6 Å². The molecule has 8 heteroatoms. The van der Waals surface area contributed by atoms with E-state index < -0.39 is 27.3 Å². The molecule has 1 aromatic carbocycles. The molecule has 0 aromatic heterocycles. The second kappa shape index (κ2) is 9.09. The highest BCUT2D eigenvalue weighted by molar-refractivity contribution is 9.10. The van der Waals surface area contributed by atoms with Crippen LogP contribution in [0.1, 0.15) is 24.8 Å². The first-order valence-electron chi connectivity index (χ1n) is 6.49. The highest BCUT2D eigenvalue weighted by Crippen LogP contribution is 2.24. The Kier molecular flexibility index (Phi) is 8.18. The van der Waals surface area contributed by atoms with Crippen molar-refractivity contribution in [1.29, 1.82) is 0 Å². The van der Waals surface area contributed by atoms with Crippen LogP contribution in [-0.2, 0) is 16.6 Å². The Hall–Kier alpha value is -0.150. The maximum Gasteiger partial charge on any atom is 0.243 e. The van der Waals surface area contributed by atoms with Gasteiger partial charge < -0.3 is 5.11 Å². The lowest BCUT2D eigenvalue weighted by Crippen LogP contribution is -2.26. The summed E-state index contributed by atoms with van der Waals surface area (Å²) in [6.45, 7) is -0.278. The summed E-state index contributed by atoms with van der Waals surface area (Å²) in [5.74, 6) is 0.142. The molecule has 0 aliphatic rings. The Morgan fingerprint density at radius 1 is 1.33 bits per heavy atom. The minimum atomic E-state index is -3.91. The van der Waals surface area contributed by atoms with Crippen molar-refractivity contribution >= 4 is 37.7 Å². The third-order valence-corrected chi connectivity index (χ3v) is 5.47. The van der Waals surface area contributed by atoms with Crippen LogP contribution in [0.15, 0.2) is 21.5 Å². The summed E-state index contributed by atoms with van der Waals surface area (Å²) in [6, 6.07) is 2.56. The first kappa shape index (κ1) is 18.9. The van der Waals surface area contributed by atoms with Crippen LogP contribution in [0.4, 0.5) is 4.39 Å². The van der Waals surface area contributed by atoms with Crippen molar-refractivity contribution in [1.82, 2.24) is 4.72 Å². The van der Waals surface area contributed by atoms with E-state index in [9.17, 15) is 12.8 Å². The maximum absolute atomic E-state index is 14.0. The fourth-order valence-electron chi connectivity index (χ4n) is 1.76. The molecule has 1 aromatic rings. The first-order valence-corrected chi connectivity index (χ1v) is 10.2. The number of aliphatic hydroxyl groups excluding tert-OH is 1. The van der Waals surface area contributed by atoms with Gasteiger partial charge in [0.05, 0.1) is 6.61 Å². The number of thioether (sulfide) groups is 1. The summed E-state index contributed by atoms with van der Waals surface area (Å²) in [7, 11) is -3.91. The van der Waals surface area contributed by atoms with Crippen LogP contribution in [0, 0.1) is 5.82 Å². The van der Waals surface area contributed by atoms with Crippen molar-refractivity contribution in [3.8, 4) is 0 Å². The lowest BCUT2D eigenvalue weighted by molar-refractivity contribution is 0.274. The third kappa shape index (κ3) is 5.86. The maximum atomic E-state index is 14.0. The van der Waals surface area contributed by atoms with Crippen LogP contribution < -0.4 is 4.72 Å². The zero-order valence-electron chi connectivity index (χ0n) is 11.7. The van der Waals surface area contributed by atoms with Gasteiger partial charge in [0.2, 0.25) is 10.0 Å². The van der Waals surface area contributed by atoms with Gasteiger partial charge in [-0.2, -0.15) is 11.8 Å². The summed E-state index contributed by atoms with van der Waals surface area (Å²) in [4.78, 5) is -0.440. The molecule has 0 atom stereocenters. The molecule has 4 nitrogen and oxygen atoms in total. The molecule has 2 N–H and O–H groups in total. The normalized spacial score (nSPS) is 11.8. The van der Waals surface area contributed by atoms with Crippen molar-refractivity contribution in [3.63, 3.8) is 0 Å². The number of halogens is 2. The number of unbranched alkanes of at least 4 members (excludes halogenated alkanes) is 2. The van der Waals surface area contributed by atoms with Crippen LogP contribution in [-0.4, -0.2) is 32.1 Å². The van der Waals surface area contributed by atoms with Crippen molar-refractivity contribution in [2.24, 2.45) is 0 Å². The quantitative estimate of drug-likeness (QED) is 0.626. The number of benzene rings is 1. The molecule has 0 saturated heterocycles. The van der Waals surface area contributed by atoms with E-state index in [2.05, 4.69) is 20.7 Å². The smallest absolute Gasteiger partial charge is 0.243 e. The SMILES string of the molecule is CSCCCCCNS(=O)(=O)c1cc(Br)cc(CO)c1F. The van der Waals surface area contributed by atoms with E-state index in [1.807, 2.05) is 6.26 Å². The minimum absolute atomic E-state index is 0.0512. The molecular formula is C13H19BrFNO3S2. The predicted octanol–water partition coefficient (Wildman–Crippen LogP) is 2.89. The van der Waals surface area contributed by atoms with Crippen molar-refractivity contribution in [3.05, 3.63) is 28.0 Å². The predicted molar refractivity (Wildman–Crippen MR) is 87.4 cm³/mol. The summed E-state index contributed by atoms with van der Waals surface area (Å²) in [5.41, 5.74) is -0.0512. The summed E-state index contributed by atoms with van der Waals surface area (Å²) < 4.78 is 41.0. The lowest BCUT2D eigenvalue weighted by Gasteiger charge is -2.10. The number of sulfonamides is 1. The number of rotatable bonds is 9. The molecule has 0 radical (unpaired) electrons. The Morgan fingerprint density at radius 3 is 2.67 bits per heavy atom. The van der Waals surface area contributed by atoms with Gasteiger partial charge in [-0.25, -0.2) is 17.5 Å². The standard InChI is InChI=1S/C13H19BrFNO3S2/c1-20-6-4-2-3-5-16-21(18,19)12-8-11(14)7-10(9-17)13(12)15/h7-8,16-17H,2-6,9H2,1H3. The lowest BCUT2D eigenvalue weighted by atomic mass is 10.2. The van der Waals surface area contributed by atoms with Crippen LogP contribution in [0.3, 0.4) is 0 Å². The highest BCUT2D eigenvalue weighted by Gasteiger charge is 2.21. The molecular weight excluding hydrogens is 381 g/mol. The van der Waals surface area contributed by atoms with E-state index in [-0.39, 0.29) is 12.1 Å². The summed E-state index contributed by atoms with van der Waals surface area (Å²) in [5, 5.41) is 9.05. The van der Waals surface area contributed by atoms with Gasteiger partial charge in [0, 0.05) is 16.6 Å². The summed E-state index contributed by atoms with van der Waals surface area (Å²) >= 11 is 4.87. The topological polar surface area (TPSA) is 66.4 Å². The third-order valence-electron chi connectivity index (χ3n) is 2.86. The molecule has 120 valence electrons. The monoisotopic (exact) mass is 399 g/mol. The fourth-order valence-corrected chi connectivity index (χ4v) is 4.13. The van der Waals surface area contributed by atoms with E-state index >= 15 is 0 Å². The molecule has 0 fully saturated rings. The van der Waals surface area contributed by atoms with Gasteiger partial charge >= 0.3 is 0 Å². The molecule has 1 rings (SSSR count). The van der Waals surface area contributed by atoms with Gasteiger partial charge in [0.1, 0.15) is 10.7 Å². The van der Waals surface area contributed by atoms with Crippen LogP contribution in [0.5, 0.6) is 0 Å². The van der Waals surface area contributed by atoms with Gasteiger partial charge in [0.15, 0.2) is 0 Å². The molecule has 0 amide bonds. The molecule has 0 unspecified atom stereocenters. The number of nitrogens with one attached hydrogen (secondary N) is 1. The zero-order valence-corrected chi connectivity index (χ0v) is 15.0. The largest absolute Gasteiger partial charge is 0.392 e. The summed E-state index contributed by atoms with van der Waals surface area (Å²) in [6.07, 6.45) is 4.69. The molecule has 0 bridgehead atoms. The van der Waals surface area contributed by atoms with Crippen molar-refractivity contribution in [2.45, 2.75) is 30.8 Å². The van der Waals surface area contributed by atoms with Crippen LogP contribution >= 0.6 is 27.7 Å². The number of hydrogen-bond acceptors (Lipinski definition) is 4. The van der Waals surface area contributed by atoms with Gasteiger partial charge in [0.25, 0.3) is 0 Å². The molecule has 0 aliphatic heterocycles. The first-order chi connectivity index (χ1) is 9.92. The molecule has 21 heavy (non-hydrogen) atoms. The Morgan fingerprint density at radius 2 is 2.05 bits per heavy atom. The Balaban J connectivity index is 2.72. The van der Waals surface area contributed by atoms with Crippen molar-refractivity contribution < 1.29 is 17.9 Å². The van der Waals surface area contributed by atoms with Crippen LogP contribution in [0.2, 0.25) is 0 Å². The van der Waals surface area contributed by atoms with Gasteiger partial charge in [-0.1, -0.05) is 22.4 Å². The van der Waals surface area contributed by atoms with Crippen molar-refractivity contribution in [2.75, 3.05) is 18.6 Å². The van der Waals surface area contributed by atoms with Gasteiger partial charge in [-0.05, 0) is 37.0 Å². The second-order valence-electron chi connectivity index (χ2n) is 4.49. The molecule has 0 saturated carbocycles. The average Bonchev–Trinajstić information content (AvgIpc) is 2.44. The van der Waals surface area contributed by atoms with E-state index in [1.165, 1.54) is 12.1 Å². The van der Waals surface area contributed by atoms with E-state index in [0.29, 0.717) is 10.9 Å². The Bertz CT molecular complexity index is 567. The highest BCUT2D eigenvalue weighted by atomic mass is 79.9. The van der Waals surface area contributed by atoms with Gasteiger partial charge in [-0.3, -0.25) is 0 Å². The van der Waals surface area contributed by atoms with Gasteiger partial charge in [-0.15, -0.1) is 0 Å². The second-order valence-corrected chi connectivity index (χ2v) is 8.12. The Labute approximate surface area is 137 Å². The van der Waals surface area contributed by atoms with E-state index in [4.69, 9.17) is 5.11 Å². The number of hydrogen-bond donors (Lipinski definition) is 2. The minimum Gasteiger partial charge on any atom is -0.392 e. The molecule has 0 heterocycles. The average molecular weight is 400 g/mol. The van der Waals surface area contributed by atoms with Crippen LogP contribution in [0.25, 0.3) is 0 Å². The number of aliphatic hydroxyl groups is 1. The zero-order chi connectivity index (χ0) is 15.9.